The highest BCUT2D eigenvalue weighted by Crippen LogP contribution is 2.29. The maximum atomic E-state index is 5.84. The number of rotatable bonds is 5. The fourth-order valence-electron chi connectivity index (χ4n) is 2.70. The van der Waals surface area contributed by atoms with E-state index in [0.717, 1.165) is 24.7 Å². The standard InChI is InChI=1S/C14H23N3O/c1-18-13-6-7-14(17-10-13)16-9-12-5-3-2-4-11(12)8-15/h6-7,10-12H,2-5,8-9,15H2,1H3,(H,16,17). The number of nitrogens with zero attached hydrogens (tertiary/aromatic N) is 1. The Labute approximate surface area is 109 Å². The van der Waals surface area contributed by atoms with Crippen LogP contribution in [-0.2, 0) is 0 Å². The summed E-state index contributed by atoms with van der Waals surface area (Å²) in [6, 6.07) is 3.88. The van der Waals surface area contributed by atoms with Gasteiger partial charge < -0.3 is 15.8 Å². The highest BCUT2D eigenvalue weighted by Gasteiger charge is 2.23. The van der Waals surface area contributed by atoms with Crippen LogP contribution in [0.1, 0.15) is 25.7 Å². The second-order valence-corrected chi connectivity index (χ2v) is 5.00. The molecule has 4 heteroatoms. The van der Waals surface area contributed by atoms with Crippen molar-refractivity contribution in [2.45, 2.75) is 25.7 Å². The first kappa shape index (κ1) is 13.1. The van der Waals surface area contributed by atoms with Crippen molar-refractivity contribution in [1.29, 1.82) is 0 Å². The molecule has 0 aliphatic heterocycles. The Bertz CT molecular complexity index is 353. The fraction of sp³-hybridized carbons (Fsp3) is 0.643. The lowest BCUT2D eigenvalue weighted by Gasteiger charge is -2.30. The minimum absolute atomic E-state index is 0.671. The Morgan fingerprint density at radius 3 is 2.72 bits per heavy atom. The number of ether oxygens (including phenoxy) is 1. The molecule has 3 N–H and O–H groups in total. The Hall–Kier alpha value is -1.29. The van der Waals surface area contributed by atoms with Crippen molar-refractivity contribution in [2.24, 2.45) is 17.6 Å². The molecule has 1 aliphatic carbocycles. The van der Waals surface area contributed by atoms with Gasteiger partial charge in [-0.2, -0.15) is 0 Å². The Morgan fingerprint density at radius 2 is 2.11 bits per heavy atom. The Kier molecular flexibility index (Phi) is 4.81. The van der Waals surface area contributed by atoms with E-state index in [-0.39, 0.29) is 0 Å². The highest BCUT2D eigenvalue weighted by molar-refractivity contribution is 5.37. The Balaban J connectivity index is 1.85. The minimum Gasteiger partial charge on any atom is -0.495 e. The van der Waals surface area contributed by atoms with E-state index >= 15 is 0 Å². The molecule has 0 amide bonds. The maximum absolute atomic E-state index is 5.84. The molecule has 1 fully saturated rings. The minimum atomic E-state index is 0.671. The molecular weight excluding hydrogens is 226 g/mol. The van der Waals surface area contributed by atoms with Gasteiger partial charge >= 0.3 is 0 Å². The molecule has 0 saturated heterocycles. The van der Waals surface area contributed by atoms with Gasteiger partial charge in [-0.15, -0.1) is 0 Å². The molecule has 0 spiro atoms. The van der Waals surface area contributed by atoms with Gasteiger partial charge in [0.1, 0.15) is 11.6 Å². The van der Waals surface area contributed by atoms with Crippen molar-refractivity contribution >= 4 is 5.82 Å². The predicted octanol–water partition coefficient (Wildman–Crippen LogP) is 2.27. The topological polar surface area (TPSA) is 60.2 Å². The number of nitrogens with two attached hydrogens (primary N) is 1. The molecule has 1 aromatic heterocycles. The van der Waals surface area contributed by atoms with Crippen molar-refractivity contribution in [1.82, 2.24) is 4.98 Å². The number of hydrogen-bond donors (Lipinski definition) is 2. The van der Waals surface area contributed by atoms with Crippen LogP contribution in [0.4, 0.5) is 5.82 Å². The van der Waals surface area contributed by atoms with Crippen molar-refractivity contribution in [3.8, 4) is 5.75 Å². The summed E-state index contributed by atoms with van der Waals surface area (Å²) < 4.78 is 5.09. The second kappa shape index (κ2) is 6.59. The monoisotopic (exact) mass is 249 g/mol. The molecule has 0 aromatic carbocycles. The quantitative estimate of drug-likeness (QED) is 0.840. The summed E-state index contributed by atoms with van der Waals surface area (Å²) in [6.07, 6.45) is 6.96. The predicted molar refractivity (Wildman–Crippen MR) is 73.8 cm³/mol. The number of nitrogens with one attached hydrogen (secondary N) is 1. The SMILES string of the molecule is COc1ccc(NCC2CCCCC2CN)nc1. The van der Waals surface area contributed by atoms with E-state index in [1.165, 1.54) is 25.7 Å². The van der Waals surface area contributed by atoms with Crippen molar-refractivity contribution in [3.05, 3.63) is 18.3 Å². The van der Waals surface area contributed by atoms with Crippen molar-refractivity contribution < 1.29 is 4.74 Å². The summed E-state index contributed by atoms with van der Waals surface area (Å²) in [6.45, 7) is 1.78. The summed E-state index contributed by atoms with van der Waals surface area (Å²) >= 11 is 0. The molecule has 100 valence electrons. The molecule has 1 saturated carbocycles. The summed E-state index contributed by atoms with van der Waals surface area (Å²) in [5, 5.41) is 3.41. The van der Waals surface area contributed by atoms with E-state index in [9.17, 15) is 0 Å². The van der Waals surface area contributed by atoms with Crippen LogP contribution in [0, 0.1) is 11.8 Å². The lowest BCUT2D eigenvalue weighted by molar-refractivity contribution is 0.255. The third-order valence-electron chi connectivity index (χ3n) is 3.89. The van der Waals surface area contributed by atoms with E-state index in [0.29, 0.717) is 11.8 Å². The van der Waals surface area contributed by atoms with Gasteiger partial charge in [0.15, 0.2) is 0 Å². The third-order valence-corrected chi connectivity index (χ3v) is 3.89. The van der Waals surface area contributed by atoms with Crippen LogP contribution in [0.5, 0.6) is 5.75 Å². The smallest absolute Gasteiger partial charge is 0.137 e. The molecule has 1 aliphatic rings. The zero-order chi connectivity index (χ0) is 12.8. The van der Waals surface area contributed by atoms with Crippen LogP contribution in [0.2, 0.25) is 0 Å². The molecule has 2 rings (SSSR count). The molecule has 2 unspecified atom stereocenters. The summed E-state index contributed by atoms with van der Waals surface area (Å²) in [5.41, 5.74) is 5.84. The van der Waals surface area contributed by atoms with E-state index in [4.69, 9.17) is 10.5 Å². The second-order valence-electron chi connectivity index (χ2n) is 5.00. The van der Waals surface area contributed by atoms with E-state index in [1.54, 1.807) is 13.3 Å². The number of pyridine rings is 1. The third kappa shape index (κ3) is 3.35. The van der Waals surface area contributed by atoms with Gasteiger partial charge in [0, 0.05) is 6.54 Å². The number of aromatic nitrogens is 1. The number of anilines is 1. The lowest BCUT2D eigenvalue weighted by Crippen LogP contribution is -2.31. The first-order chi connectivity index (χ1) is 8.83. The maximum Gasteiger partial charge on any atom is 0.137 e. The Morgan fingerprint density at radius 1 is 1.33 bits per heavy atom. The van der Waals surface area contributed by atoms with Gasteiger partial charge in [0.2, 0.25) is 0 Å². The molecule has 2 atom stereocenters. The molecule has 1 aromatic rings. The van der Waals surface area contributed by atoms with Crippen LogP contribution < -0.4 is 15.8 Å². The van der Waals surface area contributed by atoms with Gasteiger partial charge in [-0.05, 0) is 43.4 Å². The van der Waals surface area contributed by atoms with Crippen LogP contribution >= 0.6 is 0 Å². The highest BCUT2D eigenvalue weighted by atomic mass is 16.5. The van der Waals surface area contributed by atoms with Gasteiger partial charge in [0.05, 0.1) is 13.3 Å². The van der Waals surface area contributed by atoms with Crippen LogP contribution in [0.15, 0.2) is 18.3 Å². The van der Waals surface area contributed by atoms with Crippen molar-refractivity contribution in [3.63, 3.8) is 0 Å². The molecule has 4 nitrogen and oxygen atoms in total. The van der Waals surface area contributed by atoms with Gasteiger partial charge in [-0.1, -0.05) is 12.8 Å². The lowest BCUT2D eigenvalue weighted by atomic mass is 9.79. The van der Waals surface area contributed by atoms with Crippen molar-refractivity contribution in [2.75, 3.05) is 25.5 Å². The van der Waals surface area contributed by atoms with Gasteiger partial charge in [0.25, 0.3) is 0 Å². The zero-order valence-electron chi connectivity index (χ0n) is 11.1. The molecule has 0 bridgehead atoms. The van der Waals surface area contributed by atoms with Crippen LogP contribution in [0.3, 0.4) is 0 Å². The van der Waals surface area contributed by atoms with Crippen LogP contribution in [0.25, 0.3) is 0 Å². The molecule has 18 heavy (non-hydrogen) atoms. The first-order valence-corrected chi connectivity index (χ1v) is 6.77. The average molecular weight is 249 g/mol. The van der Waals surface area contributed by atoms with E-state index in [2.05, 4.69) is 10.3 Å². The molecule has 0 radical (unpaired) electrons. The van der Waals surface area contributed by atoms with Crippen LogP contribution in [-0.4, -0.2) is 25.2 Å². The van der Waals surface area contributed by atoms with E-state index < -0.39 is 0 Å². The first-order valence-electron chi connectivity index (χ1n) is 6.77. The van der Waals surface area contributed by atoms with Gasteiger partial charge in [-0.3, -0.25) is 0 Å². The van der Waals surface area contributed by atoms with Gasteiger partial charge in [-0.25, -0.2) is 4.98 Å². The number of methoxy groups -OCH3 is 1. The fourth-order valence-corrected chi connectivity index (χ4v) is 2.70. The molecular formula is C14H23N3O. The summed E-state index contributed by atoms with van der Waals surface area (Å²) in [7, 11) is 1.65. The average Bonchev–Trinajstić information content (AvgIpc) is 2.46. The molecule has 1 heterocycles. The normalized spacial score (nSPS) is 23.7. The summed E-state index contributed by atoms with van der Waals surface area (Å²) in [5.74, 6) is 3.06. The summed E-state index contributed by atoms with van der Waals surface area (Å²) in [4.78, 5) is 4.32. The largest absolute Gasteiger partial charge is 0.495 e. The van der Waals surface area contributed by atoms with E-state index in [1.807, 2.05) is 12.1 Å². The number of hydrogen-bond acceptors (Lipinski definition) is 4. The zero-order valence-corrected chi connectivity index (χ0v) is 11.1.